The molecular weight excluding hydrogens is 286 g/mol. The Morgan fingerprint density at radius 1 is 1.16 bits per heavy atom. The molecule has 1 saturated heterocycles. The molecule has 1 aliphatic carbocycles. The normalized spacial score (nSPS) is 26.6. The number of hydrogen-bond donors (Lipinski definition) is 1. The summed E-state index contributed by atoms with van der Waals surface area (Å²) in [5.74, 6) is 0. The van der Waals surface area contributed by atoms with Gasteiger partial charge in [-0.3, -0.25) is 0 Å². The second-order valence-corrected chi connectivity index (χ2v) is 7.40. The van der Waals surface area contributed by atoms with Gasteiger partial charge >= 0.3 is 0 Å². The molecule has 2 aliphatic rings. The van der Waals surface area contributed by atoms with Crippen molar-refractivity contribution in [1.29, 1.82) is 0 Å². The van der Waals surface area contributed by atoms with Crippen molar-refractivity contribution < 1.29 is 8.42 Å². The van der Waals surface area contributed by atoms with Crippen LogP contribution in [-0.4, -0.2) is 49.2 Å². The van der Waals surface area contributed by atoms with Gasteiger partial charge in [0.1, 0.15) is 0 Å². The zero-order valence-electron chi connectivity index (χ0n) is 11.6. The zero-order valence-corrected chi connectivity index (χ0v) is 13.3. The minimum atomic E-state index is -3.31. The van der Waals surface area contributed by atoms with E-state index in [1.165, 1.54) is 6.42 Å². The molecule has 0 amide bonds. The van der Waals surface area contributed by atoms with Crippen LogP contribution in [0.25, 0.3) is 0 Å². The highest BCUT2D eigenvalue weighted by Gasteiger charge is 2.38. The summed E-state index contributed by atoms with van der Waals surface area (Å²) in [7, 11) is -1.58. The van der Waals surface area contributed by atoms with E-state index in [4.69, 9.17) is 5.73 Å². The Morgan fingerprint density at radius 2 is 1.79 bits per heavy atom. The van der Waals surface area contributed by atoms with Crippen LogP contribution in [-0.2, 0) is 10.2 Å². The monoisotopic (exact) mass is 311 g/mol. The predicted molar refractivity (Wildman–Crippen MR) is 79.6 cm³/mol. The Labute approximate surface area is 123 Å². The number of hydrogen-bond acceptors (Lipinski definition) is 3. The Hall–Kier alpha value is 0.120. The van der Waals surface area contributed by atoms with Crippen LogP contribution < -0.4 is 5.73 Å². The summed E-state index contributed by atoms with van der Waals surface area (Å²) in [4.78, 5) is 0. The maximum atomic E-state index is 12.6. The Balaban J connectivity index is 0.00000180. The van der Waals surface area contributed by atoms with Crippen LogP contribution in [0.3, 0.4) is 0 Å². The lowest BCUT2D eigenvalue weighted by Crippen LogP contribution is -2.50. The molecule has 5 nitrogen and oxygen atoms in total. The number of halogens is 1. The van der Waals surface area contributed by atoms with E-state index in [9.17, 15) is 8.42 Å². The van der Waals surface area contributed by atoms with Crippen LogP contribution >= 0.6 is 12.4 Å². The van der Waals surface area contributed by atoms with Crippen LogP contribution in [0.4, 0.5) is 0 Å². The second-order valence-electron chi connectivity index (χ2n) is 5.46. The SMILES string of the molecule is CN(C1CCCCC1)S(=O)(=O)N1CCCC1CN.Cl. The maximum absolute atomic E-state index is 12.6. The molecule has 19 heavy (non-hydrogen) atoms. The van der Waals surface area contributed by atoms with Crippen LogP contribution in [0.15, 0.2) is 0 Å². The fraction of sp³-hybridized carbons (Fsp3) is 1.00. The van der Waals surface area contributed by atoms with E-state index < -0.39 is 10.2 Å². The number of rotatable bonds is 4. The summed E-state index contributed by atoms with van der Waals surface area (Å²) in [6.07, 6.45) is 7.34. The molecule has 7 heteroatoms. The molecule has 1 aliphatic heterocycles. The topological polar surface area (TPSA) is 66.6 Å². The molecule has 1 unspecified atom stereocenters. The van der Waals surface area contributed by atoms with Crippen LogP contribution in [0.2, 0.25) is 0 Å². The molecular formula is C12H26ClN3O2S. The van der Waals surface area contributed by atoms with Gasteiger partial charge in [-0.15, -0.1) is 12.4 Å². The minimum Gasteiger partial charge on any atom is -0.329 e. The number of nitrogens with two attached hydrogens (primary N) is 1. The maximum Gasteiger partial charge on any atom is 0.282 e. The molecule has 0 spiro atoms. The molecule has 0 aromatic heterocycles. The number of nitrogens with zero attached hydrogens (tertiary/aromatic N) is 2. The zero-order chi connectivity index (χ0) is 13.2. The van der Waals surface area contributed by atoms with Crippen LogP contribution in [0, 0.1) is 0 Å². The van der Waals surface area contributed by atoms with Gasteiger partial charge in [-0.2, -0.15) is 17.0 Å². The Bertz CT molecular complexity index is 371. The fourth-order valence-corrected chi connectivity index (χ4v) is 4.99. The lowest BCUT2D eigenvalue weighted by atomic mass is 9.96. The molecule has 1 heterocycles. The van der Waals surface area contributed by atoms with Gasteiger partial charge in [0.05, 0.1) is 0 Å². The van der Waals surface area contributed by atoms with Crippen LogP contribution in [0.5, 0.6) is 0 Å². The standard InChI is InChI=1S/C12H25N3O2S.ClH/c1-14(11-6-3-2-4-7-11)18(16,17)15-9-5-8-12(15)10-13;/h11-12H,2-10,13H2,1H3;1H. The van der Waals surface area contributed by atoms with Gasteiger partial charge in [-0.05, 0) is 25.7 Å². The van der Waals surface area contributed by atoms with Gasteiger partial charge in [0.25, 0.3) is 10.2 Å². The third-order valence-electron chi connectivity index (χ3n) is 4.34. The molecule has 2 fully saturated rings. The van der Waals surface area contributed by atoms with E-state index in [0.717, 1.165) is 38.5 Å². The van der Waals surface area contributed by atoms with E-state index in [-0.39, 0.29) is 24.5 Å². The van der Waals surface area contributed by atoms with E-state index in [1.807, 2.05) is 0 Å². The lowest BCUT2D eigenvalue weighted by Gasteiger charge is -2.34. The average molecular weight is 312 g/mol. The molecule has 1 atom stereocenters. The van der Waals surface area contributed by atoms with E-state index in [1.54, 1.807) is 15.7 Å². The first kappa shape index (κ1) is 17.2. The van der Waals surface area contributed by atoms with Crippen molar-refractivity contribution in [3.05, 3.63) is 0 Å². The van der Waals surface area contributed by atoms with Crippen molar-refractivity contribution in [2.24, 2.45) is 5.73 Å². The molecule has 1 saturated carbocycles. The van der Waals surface area contributed by atoms with Crippen molar-refractivity contribution >= 4 is 22.6 Å². The van der Waals surface area contributed by atoms with E-state index in [2.05, 4.69) is 0 Å². The molecule has 2 N–H and O–H groups in total. The highest BCUT2D eigenvalue weighted by Crippen LogP contribution is 2.28. The molecule has 2 rings (SSSR count). The van der Waals surface area contributed by atoms with Crippen molar-refractivity contribution in [3.8, 4) is 0 Å². The van der Waals surface area contributed by atoms with Gasteiger partial charge in [-0.25, -0.2) is 0 Å². The van der Waals surface area contributed by atoms with E-state index >= 15 is 0 Å². The largest absolute Gasteiger partial charge is 0.329 e. The van der Waals surface area contributed by atoms with Gasteiger partial charge in [0, 0.05) is 32.2 Å². The second kappa shape index (κ2) is 7.22. The minimum absolute atomic E-state index is 0. The first-order valence-corrected chi connectivity index (χ1v) is 8.42. The lowest BCUT2D eigenvalue weighted by molar-refractivity contribution is 0.259. The Morgan fingerprint density at radius 3 is 2.37 bits per heavy atom. The average Bonchev–Trinajstić information content (AvgIpc) is 2.88. The molecule has 0 bridgehead atoms. The molecule has 0 aromatic carbocycles. The van der Waals surface area contributed by atoms with Gasteiger partial charge in [0.15, 0.2) is 0 Å². The van der Waals surface area contributed by atoms with E-state index in [0.29, 0.717) is 13.1 Å². The summed E-state index contributed by atoms with van der Waals surface area (Å²) in [6.45, 7) is 1.05. The highest BCUT2D eigenvalue weighted by molar-refractivity contribution is 7.86. The third kappa shape index (κ3) is 3.61. The van der Waals surface area contributed by atoms with Crippen LogP contribution in [0.1, 0.15) is 44.9 Å². The quantitative estimate of drug-likeness (QED) is 0.852. The van der Waals surface area contributed by atoms with Gasteiger partial charge in [0.2, 0.25) is 0 Å². The first-order valence-electron chi connectivity index (χ1n) is 7.02. The summed E-state index contributed by atoms with van der Waals surface area (Å²) in [5.41, 5.74) is 5.67. The molecule has 0 aromatic rings. The third-order valence-corrected chi connectivity index (χ3v) is 6.44. The summed E-state index contributed by atoms with van der Waals surface area (Å²) >= 11 is 0. The van der Waals surface area contributed by atoms with Gasteiger partial charge < -0.3 is 5.73 Å². The summed E-state index contributed by atoms with van der Waals surface area (Å²) in [6, 6.07) is 0.184. The summed E-state index contributed by atoms with van der Waals surface area (Å²) < 4.78 is 28.4. The van der Waals surface area contributed by atoms with Crippen molar-refractivity contribution in [1.82, 2.24) is 8.61 Å². The smallest absolute Gasteiger partial charge is 0.282 e. The predicted octanol–water partition coefficient (Wildman–Crippen LogP) is 1.34. The van der Waals surface area contributed by atoms with Gasteiger partial charge in [-0.1, -0.05) is 19.3 Å². The first-order chi connectivity index (χ1) is 8.57. The molecule has 114 valence electrons. The van der Waals surface area contributed by atoms with Crippen molar-refractivity contribution in [2.45, 2.75) is 57.0 Å². The summed E-state index contributed by atoms with van der Waals surface area (Å²) in [5, 5.41) is 0. The highest BCUT2D eigenvalue weighted by atomic mass is 35.5. The van der Waals surface area contributed by atoms with Crippen molar-refractivity contribution in [2.75, 3.05) is 20.1 Å². The molecule has 0 radical (unpaired) electrons. The Kier molecular flexibility index (Phi) is 6.53. The fourth-order valence-electron chi connectivity index (χ4n) is 3.15. The van der Waals surface area contributed by atoms with Crippen molar-refractivity contribution in [3.63, 3.8) is 0 Å².